The van der Waals surface area contributed by atoms with Crippen LogP contribution in [-0.2, 0) is 0 Å². The van der Waals surface area contributed by atoms with Crippen LogP contribution in [0.25, 0.3) is 0 Å². The molecule has 0 bridgehead atoms. The highest BCUT2D eigenvalue weighted by Gasteiger charge is 2.36. The molecule has 0 saturated carbocycles. The van der Waals surface area contributed by atoms with Gasteiger partial charge in [-0.15, -0.1) is 0 Å². The van der Waals surface area contributed by atoms with Crippen LogP contribution < -0.4 is 0 Å². The van der Waals surface area contributed by atoms with Gasteiger partial charge < -0.3 is 0 Å². The normalized spacial score (nSPS) is 12.3. The minimum absolute atomic E-state index is 0.731. The van der Waals surface area contributed by atoms with Gasteiger partial charge in [0.15, 0.2) is 0 Å². The van der Waals surface area contributed by atoms with Crippen molar-refractivity contribution in [1.29, 1.82) is 0 Å². The third-order valence-electron chi connectivity index (χ3n) is 15.2. The lowest BCUT2D eigenvalue weighted by atomic mass is 10.1. The molecule has 0 aliphatic heterocycles. The molecule has 0 N–H and O–H groups in total. The second-order valence-electron chi connectivity index (χ2n) is 21.6. The number of unbranched alkanes of at least 4 members (excludes halogenated alkanes) is 36. The summed E-state index contributed by atoms with van der Waals surface area (Å²) in [5.74, 6) is 2.76. The molecule has 0 aliphatic carbocycles. The lowest BCUT2D eigenvalue weighted by Crippen LogP contribution is -2.13. The van der Waals surface area contributed by atoms with E-state index in [9.17, 15) is 0 Å². The van der Waals surface area contributed by atoms with E-state index in [1.165, 1.54) is 243 Å². The van der Waals surface area contributed by atoms with E-state index in [1.54, 1.807) is 101 Å². The van der Waals surface area contributed by atoms with Crippen molar-refractivity contribution in [1.82, 2.24) is 0 Å². The standard InChI is InChI=1S/C60H126P2S2/c1-7-13-19-41-51-61(52-42-20-14-8-2,53-43-21-15-9-3)57-47-37-33-29-25-27-31-35-39-49-59-63-64-60-50-40-36-32-28-26-30-34-38-48-58-62(54-44-22-16-10-4,55-45-23-17-11-5)56-46-24-18-12-6/h7-60H2,1-6H3/q+2. The first kappa shape index (κ1) is 65.6. The van der Waals surface area contributed by atoms with Crippen LogP contribution >= 0.6 is 36.1 Å². The molecule has 0 heterocycles. The molecule has 0 radical (unpaired) electrons. The zero-order valence-electron chi connectivity index (χ0n) is 45.9. The predicted molar refractivity (Wildman–Crippen MR) is 315 cm³/mol. The Hall–Kier alpha value is 1.56. The lowest BCUT2D eigenvalue weighted by Gasteiger charge is -2.28. The number of rotatable bonds is 57. The Bertz CT molecular complexity index is 719. The van der Waals surface area contributed by atoms with Gasteiger partial charge >= 0.3 is 0 Å². The Morgan fingerprint density at radius 3 is 0.484 bits per heavy atom. The van der Waals surface area contributed by atoms with Gasteiger partial charge in [0.2, 0.25) is 0 Å². The van der Waals surface area contributed by atoms with E-state index in [0.717, 1.165) is 0 Å². The van der Waals surface area contributed by atoms with Crippen LogP contribution in [0.15, 0.2) is 0 Å². The van der Waals surface area contributed by atoms with E-state index in [0.29, 0.717) is 0 Å². The molecule has 0 nitrogen and oxygen atoms in total. The van der Waals surface area contributed by atoms with Gasteiger partial charge in [0.1, 0.15) is 0 Å². The van der Waals surface area contributed by atoms with Gasteiger partial charge in [0, 0.05) is 26.0 Å². The summed E-state index contributed by atoms with van der Waals surface area (Å²) in [5, 5.41) is 0. The van der Waals surface area contributed by atoms with Gasteiger partial charge in [-0.05, 0) is 116 Å². The Labute approximate surface area is 418 Å². The van der Waals surface area contributed by atoms with Gasteiger partial charge in [-0.3, -0.25) is 0 Å². The maximum Gasteiger partial charge on any atom is 0.0594 e. The average Bonchev–Trinajstić information content (AvgIpc) is 3.30. The van der Waals surface area contributed by atoms with E-state index in [1.807, 2.05) is 0 Å². The maximum absolute atomic E-state index is 2.38. The molecule has 0 unspecified atom stereocenters. The van der Waals surface area contributed by atoms with Crippen LogP contribution in [-0.4, -0.2) is 60.8 Å². The molecule has 0 aromatic heterocycles. The van der Waals surface area contributed by atoms with Crippen molar-refractivity contribution in [2.75, 3.05) is 60.8 Å². The molecular formula is C60H126P2S2+2. The van der Waals surface area contributed by atoms with Crippen molar-refractivity contribution in [3.8, 4) is 0 Å². The summed E-state index contributed by atoms with van der Waals surface area (Å²) in [6.07, 6.45) is 78.4. The van der Waals surface area contributed by atoms with Crippen molar-refractivity contribution in [2.45, 2.75) is 324 Å². The fourth-order valence-electron chi connectivity index (χ4n) is 10.7. The topological polar surface area (TPSA) is 0 Å². The Morgan fingerprint density at radius 2 is 0.312 bits per heavy atom. The maximum atomic E-state index is 2.38. The van der Waals surface area contributed by atoms with Crippen LogP contribution in [0.4, 0.5) is 0 Å². The second kappa shape index (κ2) is 53.9. The minimum atomic E-state index is -0.731. The molecule has 386 valence electrons. The van der Waals surface area contributed by atoms with Crippen molar-refractivity contribution >= 4 is 36.1 Å². The third kappa shape index (κ3) is 44.7. The molecule has 0 aromatic rings. The monoisotopic (exact) mass is 973 g/mol. The van der Waals surface area contributed by atoms with Gasteiger partial charge in [-0.2, -0.15) is 0 Å². The molecule has 0 aliphatic rings. The molecule has 0 atom stereocenters. The average molecular weight is 974 g/mol. The van der Waals surface area contributed by atoms with Crippen LogP contribution in [0.1, 0.15) is 324 Å². The van der Waals surface area contributed by atoms with Gasteiger partial charge in [-0.1, -0.05) is 230 Å². The van der Waals surface area contributed by atoms with Crippen LogP contribution in [0, 0.1) is 0 Å². The fourth-order valence-corrected chi connectivity index (χ4v) is 22.9. The van der Waals surface area contributed by atoms with E-state index >= 15 is 0 Å². The van der Waals surface area contributed by atoms with Gasteiger partial charge in [-0.25, -0.2) is 0 Å². The SMILES string of the molecule is CCCCCC[P+](CCCCCC)(CCCCCC)CCCCCCCCCCCCSSCCCCCCCCCCCC[P+](CCCCCC)(CCCCCC)CCCCCC. The Morgan fingerprint density at radius 1 is 0.172 bits per heavy atom. The van der Waals surface area contributed by atoms with Crippen molar-refractivity contribution in [2.24, 2.45) is 0 Å². The fraction of sp³-hybridized carbons (Fsp3) is 1.00. The highest BCUT2D eigenvalue weighted by atomic mass is 33.1. The van der Waals surface area contributed by atoms with E-state index in [-0.39, 0.29) is 0 Å². The summed E-state index contributed by atoms with van der Waals surface area (Å²) in [5.41, 5.74) is 0. The first-order valence-electron chi connectivity index (χ1n) is 30.5. The van der Waals surface area contributed by atoms with Crippen molar-refractivity contribution in [3.63, 3.8) is 0 Å². The molecule has 0 spiro atoms. The van der Waals surface area contributed by atoms with Crippen LogP contribution in [0.2, 0.25) is 0 Å². The predicted octanol–water partition coefficient (Wildman–Crippen LogP) is 23.7. The molecule has 0 rings (SSSR count). The molecular weight excluding hydrogens is 847 g/mol. The molecule has 4 heteroatoms. The summed E-state index contributed by atoms with van der Waals surface area (Å²) in [4.78, 5) is 0. The molecule has 0 saturated heterocycles. The lowest BCUT2D eigenvalue weighted by molar-refractivity contribution is 0.563. The molecule has 0 amide bonds. The zero-order valence-corrected chi connectivity index (χ0v) is 49.3. The quantitative estimate of drug-likeness (QED) is 0.0338. The number of hydrogen-bond acceptors (Lipinski definition) is 2. The summed E-state index contributed by atoms with van der Waals surface area (Å²) in [6.45, 7) is 14.3. The Balaban J connectivity index is 3.94. The highest BCUT2D eigenvalue weighted by molar-refractivity contribution is 8.76. The first-order valence-corrected chi connectivity index (χ1v) is 38.1. The summed E-state index contributed by atoms with van der Waals surface area (Å²) in [7, 11) is 2.88. The second-order valence-corrected chi connectivity index (χ2v) is 33.2. The summed E-state index contributed by atoms with van der Waals surface area (Å²) < 4.78 is 0. The Kier molecular flexibility index (Phi) is 55.2. The van der Waals surface area contributed by atoms with E-state index < -0.39 is 14.5 Å². The molecule has 64 heavy (non-hydrogen) atoms. The zero-order chi connectivity index (χ0) is 46.6. The smallest absolute Gasteiger partial charge is 0.0594 e. The molecule has 0 aromatic carbocycles. The molecule has 0 fully saturated rings. The number of hydrogen-bond donors (Lipinski definition) is 0. The highest BCUT2D eigenvalue weighted by Crippen LogP contribution is 2.62. The third-order valence-corrected chi connectivity index (χ3v) is 27.9. The van der Waals surface area contributed by atoms with Crippen molar-refractivity contribution < 1.29 is 0 Å². The minimum Gasteiger partial charge on any atom is -0.0942 e. The summed E-state index contributed by atoms with van der Waals surface area (Å²) >= 11 is 0. The first-order chi connectivity index (χ1) is 31.6. The summed E-state index contributed by atoms with van der Waals surface area (Å²) in [6, 6.07) is 0. The van der Waals surface area contributed by atoms with E-state index in [2.05, 4.69) is 63.1 Å². The van der Waals surface area contributed by atoms with Crippen LogP contribution in [0.5, 0.6) is 0 Å². The van der Waals surface area contributed by atoms with Gasteiger partial charge in [0.05, 0.1) is 49.3 Å². The van der Waals surface area contributed by atoms with Gasteiger partial charge in [0.25, 0.3) is 0 Å². The van der Waals surface area contributed by atoms with E-state index in [4.69, 9.17) is 0 Å². The van der Waals surface area contributed by atoms with Crippen LogP contribution in [0.3, 0.4) is 0 Å². The largest absolute Gasteiger partial charge is 0.0942 e. The van der Waals surface area contributed by atoms with Crippen molar-refractivity contribution in [3.05, 3.63) is 0 Å².